The van der Waals surface area contributed by atoms with Gasteiger partial charge >= 0.3 is 5.69 Å². The molecule has 2 aromatic carbocycles. The quantitative estimate of drug-likeness (QED) is 0.321. The number of hydrogen-bond donors (Lipinski definition) is 1. The van der Waals surface area contributed by atoms with Gasteiger partial charge in [-0.05, 0) is 54.0 Å². The molecule has 0 radical (unpaired) electrons. The molecule has 0 spiro atoms. The zero-order chi connectivity index (χ0) is 25.8. The first-order valence-electron chi connectivity index (χ1n) is 11.5. The standard InChI is InChI=1S/C26H33N3O6/c1-17(18-7-9-22-23(13-18)34-12-11-33-22)27-28-24(30)15-35-21-10-8-19(14-20(21)29(31)32)26(5,6)16-25(2,3)4/h7-10,13-14H,11-12,15-16H2,1-6H3,(H,28,30)/b27-17-. The Morgan fingerprint density at radius 1 is 1.09 bits per heavy atom. The van der Waals surface area contributed by atoms with Gasteiger partial charge < -0.3 is 14.2 Å². The molecule has 1 aliphatic heterocycles. The Labute approximate surface area is 205 Å². The van der Waals surface area contributed by atoms with Gasteiger partial charge in [0.25, 0.3) is 5.91 Å². The molecule has 188 valence electrons. The first-order chi connectivity index (χ1) is 16.4. The van der Waals surface area contributed by atoms with E-state index in [-0.39, 0.29) is 22.3 Å². The van der Waals surface area contributed by atoms with Crippen LogP contribution in [0.1, 0.15) is 59.1 Å². The molecule has 9 heteroatoms. The highest BCUT2D eigenvalue weighted by atomic mass is 16.6. The molecule has 0 bridgehead atoms. The minimum atomic E-state index is -0.534. The summed E-state index contributed by atoms with van der Waals surface area (Å²) in [5, 5.41) is 15.8. The number of nitrogens with zero attached hydrogens (tertiary/aromatic N) is 2. The summed E-state index contributed by atoms with van der Waals surface area (Å²) in [6, 6.07) is 10.3. The van der Waals surface area contributed by atoms with E-state index >= 15 is 0 Å². The van der Waals surface area contributed by atoms with Gasteiger partial charge in [0.1, 0.15) is 13.2 Å². The molecule has 1 N–H and O–H groups in total. The molecule has 1 aliphatic rings. The summed E-state index contributed by atoms with van der Waals surface area (Å²) in [5.74, 6) is 0.792. The summed E-state index contributed by atoms with van der Waals surface area (Å²) in [4.78, 5) is 23.5. The van der Waals surface area contributed by atoms with Crippen molar-refractivity contribution < 1.29 is 23.9 Å². The molecule has 0 fully saturated rings. The maximum Gasteiger partial charge on any atom is 0.311 e. The Hall–Kier alpha value is -3.62. The summed E-state index contributed by atoms with van der Waals surface area (Å²) >= 11 is 0. The minimum absolute atomic E-state index is 0.0352. The number of carbonyl (C=O) groups excluding carboxylic acids is 1. The lowest BCUT2D eigenvalue weighted by molar-refractivity contribution is -0.385. The summed E-state index contributed by atoms with van der Waals surface area (Å²) in [6.45, 7) is 12.8. The van der Waals surface area contributed by atoms with E-state index in [9.17, 15) is 14.9 Å². The summed E-state index contributed by atoms with van der Waals surface area (Å²) < 4.78 is 16.6. The van der Waals surface area contributed by atoms with Gasteiger partial charge in [0.05, 0.1) is 10.6 Å². The van der Waals surface area contributed by atoms with E-state index in [1.54, 1.807) is 25.1 Å². The molecule has 0 aliphatic carbocycles. The van der Waals surface area contributed by atoms with Crippen LogP contribution < -0.4 is 19.6 Å². The summed E-state index contributed by atoms with van der Waals surface area (Å²) in [6.07, 6.45) is 0.848. The molecule has 1 heterocycles. The highest BCUT2D eigenvalue weighted by molar-refractivity contribution is 5.99. The van der Waals surface area contributed by atoms with Gasteiger partial charge in [0.2, 0.25) is 0 Å². The van der Waals surface area contributed by atoms with Crippen molar-refractivity contribution in [3.8, 4) is 17.2 Å². The van der Waals surface area contributed by atoms with E-state index in [0.29, 0.717) is 30.4 Å². The first kappa shape index (κ1) is 26.0. The largest absolute Gasteiger partial charge is 0.486 e. The number of carbonyl (C=O) groups is 1. The Bertz CT molecular complexity index is 1130. The number of benzene rings is 2. The van der Waals surface area contributed by atoms with E-state index in [4.69, 9.17) is 14.2 Å². The van der Waals surface area contributed by atoms with E-state index in [2.05, 4.69) is 45.1 Å². The van der Waals surface area contributed by atoms with Crippen molar-refractivity contribution >= 4 is 17.3 Å². The predicted octanol–water partition coefficient (Wildman–Crippen LogP) is 5.00. The van der Waals surface area contributed by atoms with Gasteiger partial charge in [0.15, 0.2) is 23.9 Å². The third kappa shape index (κ3) is 6.94. The minimum Gasteiger partial charge on any atom is -0.486 e. The van der Waals surface area contributed by atoms with Crippen LogP contribution >= 0.6 is 0 Å². The number of ether oxygens (including phenoxy) is 3. The van der Waals surface area contributed by atoms with Gasteiger partial charge in [-0.25, -0.2) is 5.43 Å². The van der Waals surface area contributed by atoms with Crippen LogP contribution in [0.15, 0.2) is 41.5 Å². The molecule has 2 aromatic rings. The van der Waals surface area contributed by atoms with Crippen molar-refractivity contribution in [1.82, 2.24) is 5.43 Å². The lowest BCUT2D eigenvalue weighted by Crippen LogP contribution is -2.26. The number of hydrogen-bond acceptors (Lipinski definition) is 7. The van der Waals surface area contributed by atoms with Gasteiger partial charge in [-0.2, -0.15) is 5.10 Å². The number of hydrazone groups is 1. The van der Waals surface area contributed by atoms with Crippen LogP contribution in [0.2, 0.25) is 0 Å². The lowest BCUT2D eigenvalue weighted by atomic mass is 9.72. The molecular formula is C26H33N3O6. The summed E-state index contributed by atoms with van der Waals surface area (Å²) in [7, 11) is 0. The SMILES string of the molecule is C/C(=N/NC(=O)COc1ccc(C(C)(C)CC(C)(C)C)cc1[N+](=O)[O-])c1ccc2c(c1)OCCO2. The Morgan fingerprint density at radius 3 is 2.43 bits per heavy atom. The fourth-order valence-electron chi connectivity index (χ4n) is 4.29. The molecule has 1 amide bonds. The number of nitro benzene ring substituents is 1. The van der Waals surface area contributed by atoms with Crippen molar-refractivity contribution in [2.75, 3.05) is 19.8 Å². The van der Waals surface area contributed by atoms with Crippen LogP contribution in [0.25, 0.3) is 0 Å². The third-order valence-corrected chi connectivity index (χ3v) is 5.58. The van der Waals surface area contributed by atoms with Crippen LogP contribution in [-0.4, -0.2) is 36.4 Å². The van der Waals surface area contributed by atoms with Gasteiger partial charge in [0, 0.05) is 11.6 Å². The number of rotatable bonds is 8. The second-order valence-corrected chi connectivity index (χ2v) is 10.4. The third-order valence-electron chi connectivity index (χ3n) is 5.58. The molecule has 0 saturated heterocycles. The monoisotopic (exact) mass is 483 g/mol. The van der Waals surface area contributed by atoms with E-state index in [1.807, 2.05) is 12.1 Å². The van der Waals surface area contributed by atoms with Crippen LogP contribution in [0.5, 0.6) is 17.2 Å². The van der Waals surface area contributed by atoms with Crippen LogP contribution in [0.4, 0.5) is 5.69 Å². The predicted molar refractivity (Wildman–Crippen MR) is 133 cm³/mol. The van der Waals surface area contributed by atoms with Crippen molar-refractivity contribution in [1.29, 1.82) is 0 Å². The van der Waals surface area contributed by atoms with Crippen molar-refractivity contribution in [3.05, 3.63) is 57.6 Å². The maximum absolute atomic E-state index is 12.3. The summed E-state index contributed by atoms with van der Waals surface area (Å²) in [5.41, 5.74) is 4.21. The molecule has 0 aromatic heterocycles. The molecule has 9 nitrogen and oxygen atoms in total. The van der Waals surface area contributed by atoms with Crippen LogP contribution in [0, 0.1) is 15.5 Å². The first-order valence-corrected chi connectivity index (χ1v) is 11.5. The Morgan fingerprint density at radius 2 is 1.77 bits per heavy atom. The highest BCUT2D eigenvalue weighted by Gasteiger charge is 2.30. The highest BCUT2D eigenvalue weighted by Crippen LogP contribution is 2.39. The fraction of sp³-hybridized carbons (Fsp3) is 0.462. The van der Waals surface area contributed by atoms with Crippen LogP contribution in [-0.2, 0) is 10.2 Å². The van der Waals surface area contributed by atoms with E-state index in [0.717, 1.165) is 17.5 Å². The van der Waals surface area contributed by atoms with Crippen molar-refractivity contribution in [2.45, 2.75) is 53.4 Å². The van der Waals surface area contributed by atoms with Crippen molar-refractivity contribution in [3.63, 3.8) is 0 Å². The number of nitrogens with one attached hydrogen (secondary N) is 1. The average Bonchev–Trinajstić information content (AvgIpc) is 2.79. The van der Waals surface area contributed by atoms with Gasteiger partial charge in [-0.15, -0.1) is 0 Å². The molecule has 35 heavy (non-hydrogen) atoms. The maximum atomic E-state index is 12.3. The second kappa shape index (κ2) is 10.3. The Kier molecular flexibility index (Phi) is 7.67. The average molecular weight is 484 g/mol. The van der Waals surface area contributed by atoms with Crippen molar-refractivity contribution in [2.24, 2.45) is 10.5 Å². The molecule has 0 atom stereocenters. The van der Waals surface area contributed by atoms with Gasteiger partial charge in [-0.3, -0.25) is 14.9 Å². The van der Waals surface area contributed by atoms with E-state index < -0.39 is 17.4 Å². The zero-order valence-corrected chi connectivity index (χ0v) is 21.1. The normalized spacial score (nSPS) is 13.8. The van der Waals surface area contributed by atoms with E-state index in [1.165, 1.54) is 6.07 Å². The van der Waals surface area contributed by atoms with Crippen LogP contribution in [0.3, 0.4) is 0 Å². The number of amides is 1. The molecule has 0 unspecified atom stereocenters. The smallest absolute Gasteiger partial charge is 0.311 e. The molecule has 3 rings (SSSR count). The topological polar surface area (TPSA) is 112 Å². The zero-order valence-electron chi connectivity index (χ0n) is 21.1. The molecular weight excluding hydrogens is 450 g/mol. The second-order valence-electron chi connectivity index (χ2n) is 10.4. The lowest BCUT2D eigenvalue weighted by Gasteiger charge is -2.33. The Balaban J connectivity index is 1.65. The fourth-order valence-corrected chi connectivity index (χ4v) is 4.29. The van der Waals surface area contributed by atoms with Gasteiger partial charge in [-0.1, -0.05) is 40.7 Å². The number of nitro groups is 1. The molecule has 0 saturated carbocycles. The number of fused-ring (bicyclic) bond motifs is 1.